The highest BCUT2D eigenvalue weighted by atomic mass is 35.5. The Balaban J connectivity index is 1.89. The molecule has 0 aromatic heterocycles. The van der Waals surface area contributed by atoms with E-state index >= 15 is 0 Å². The molecule has 1 aliphatic carbocycles. The Bertz CT molecular complexity index is 1180. The van der Waals surface area contributed by atoms with Gasteiger partial charge in [0.2, 0.25) is 10.0 Å². The Kier molecular flexibility index (Phi) is 5.00. The first-order chi connectivity index (χ1) is 13.4. The molecule has 0 amide bonds. The number of fused-ring (bicyclic) bond motifs is 2. The molecule has 3 nitrogen and oxygen atoms in total. The number of rotatable bonds is 3. The summed E-state index contributed by atoms with van der Waals surface area (Å²) in [6, 6.07) is 21.8. The van der Waals surface area contributed by atoms with Crippen LogP contribution in [-0.2, 0) is 22.9 Å². The fraction of sp³-hybridized carbons (Fsp3) is 0.130. The lowest BCUT2D eigenvalue weighted by atomic mass is 9.92. The number of aryl methyl sites for hydroxylation is 1. The van der Waals surface area contributed by atoms with Gasteiger partial charge in [-0.2, -0.15) is 0 Å². The molecule has 4 rings (SSSR count). The molecule has 1 N–H and O–H groups in total. The highest BCUT2D eigenvalue weighted by Crippen LogP contribution is 2.37. The highest BCUT2D eigenvalue weighted by molar-refractivity contribution is 7.92. The molecular formula is C23H20ClNO2S. The van der Waals surface area contributed by atoms with Gasteiger partial charge < -0.3 is 0 Å². The van der Waals surface area contributed by atoms with E-state index in [0.29, 0.717) is 5.69 Å². The van der Waals surface area contributed by atoms with E-state index in [2.05, 4.69) is 35.1 Å². The van der Waals surface area contributed by atoms with Gasteiger partial charge in [0.1, 0.15) is 0 Å². The molecule has 0 bridgehead atoms. The van der Waals surface area contributed by atoms with Crippen LogP contribution in [0.15, 0.2) is 66.7 Å². The molecule has 142 valence electrons. The Morgan fingerprint density at radius 2 is 1.68 bits per heavy atom. The maximum atomic E-state index is 11.6. The highest BCUT2D eigenvalue weighted by Gasteiger charge is 2.19. The van der Waals surface area contributed by atoms with Gasteiger partial charge >= 0.3 is 0 Å². The monoisotopic (exact) mass is 409 g/mol. The maximum Gasteiger partial charge on any atom is 0.229 e. The van der Waals surface area contributed by atoms with Crippen LogP contribution in [0.2, 0.25) is 5.02 Å². The van der Waals surface area contributed by atoms with Crippen molar-refractivity contribution in [2.75, 3.05) is 11.0 Å². The van der Waals surface area contributed by atoms with Crippen molar-refractivity contribution in [3.05, 3.63) is 99.6 Å². The van der Waals surface area contributed by atoms with E-state index in [1.807, 2.05) is 36.4 Å². The molecule has 0 fully saturated rings. The fourth-order valence-corrected chi connectivity index (χ4v) is 4.52. The second-order valence-corrected chi connectivity index (χ2v) is 9.14. The van der Waals surface area contributed by atoms with Crippen LogP contribution in [0, 0.1) is 0 Å². The Morgan fingerprint density at radius 1 is 0.929 bits per heavy atom. The van der Waals surface area contributed by atoms with E-state index in [1.54, 1.807) is 6.07 Å². The Hall–Kier alpha value is -2.56. The molecule has 3 aromatic carbocycles. The summed E-state index contributed by atoms with van der Waals surface area (Å²) in [7, 11) is -3.32. The Morgan fingerprint density at radius 3 is 2.50 bits per heavy atom. The van der Waals surface area contributed by atoms with Crippen molar-refractivity contribution in [2.45, 2.75) is 12.8 Å². The van der Waals surface area contributed by atoms with Gasteiger partial charge in [0.25, 0.3) is 0 Å². The summed E-state index contributed by atoms with van der Waals surface area (Å²) in [6.07, 6.45) is 5.07. The number of sulfonamides is 1. The molecule has 0 radical (unpaired) electrons. The summed E-state index contributed by atoms with van der Waals surface area (Å²) in [4.78, 5) is 0. The molecule has 0 atom stereocenters. The number of benzene rings is 3. The quantitative estimate of drug-likeness (QED) is 0.629. The smallest absolute Gasteiger partial charge is 0.229 e. The molecule has 0 saturated heterocycles. The van der Waals surface area contributed by atoms with E-state index in [4.69, 9.17) is 11.6 Å². The number of nitrogens with one attached hydrogen (secondary N) is 1. The van der Waals surface area contributed by atoms with Gasteiger partial charge in [-0.15, -0.1) is 0 Å². The average molecular weight is 410 g/mol. The van der Waals surface area contributed by atoms with Gasteiger partial charge in [-0.3, -0.25) is 4.72 Å². The first-order valence-electron chi connectivity index (χ1n) is 9.06. The van der Waals surface area contributed by atoms with E-state index in [1.165, 1.54) is 11.1 Å². The number of hydrogen-bond donors (Lipinski definition) is 1. The third kappa shape index (κ3) is 3.98. The minimum Gasteiger partial charge on any atom is -0.284 e. The largest absolute Gasteiger partial charge is 0.284 e. The fourth-order valence-electron chi connectivity index (χ4n) is 3.70. The van der Waals surface area contributed by atoms with Crippen molar-refractivity contribution in [3.8, 4) is 0 Å². The second-order valence-electron chi connectivity index (χ2n) is 6.98. The van der Waals surface area contributed by atoms with Crippen LogP contribution in [0.4, 0.5) is 5.69 Å². The van der Waals surface area contributed by atoms with Gasteiger partial charge in [-0.05, 0) is 70.5 Å². The molecule has 0 saturated carbocycles. The van der Waals surface area contributed by atoms with Crippen LogP contribution in [0.25, 0.3) is 11.6 Å². The zero-order chi connectivity index (χ0) is 19.7. The number of anilines is 1. The zero-order valence-corrected chi connectivity index (χ0v) is 17.0. The minimum atomic E-state index is -3.32. The van der Waals surface area contributed by atoms with Crippen molar-refractivity contribution < 1.29 is 8.42 Å². The summed E-state index contributed by atoms with van der Waals surface area (Å²) in [5, 5.41) is 0.781. The lowest BCUT2D eigenvalue weighted by molar-refractivity contribution is 0.607. The lowest BCUT2D eigenvalue weighted by Gasteiger charge is -2.13. The molecule has 0 spiro atoms. The predicted octanol–water partition coefficient (Wildman–Crippen LogP) is 5.40. The van der Waals surface area contributed by atoms with Crippen molar-refractivity contribution in [1.29, 1.82) is 0 Å². The minimum absolute atomic E-state index is 0.546. The summed E-state index contributed by atoms with van der Waals surface area (Å²) in [5.41, 5.74) is 7.31. The average Bonchev–Trinajstić information content (AvgIpc) is 2.79. The summed E-state index contributed by atoms with van der Waals surface area (Å²) >= 11 is 6.52. The Labute approximate surface area is 170 Å². The third-order valence-corrected chi connectivity index (χ3v) is 5.82. The molecule has 0 aliphatic heterocycles. The van der Waals surface area contributed by atoms with Gasteiger partial charge in [0, 0.05) is 10.7 Å². The third-order valence-electron chi connectivity index (χ3n) is 4.86. The van der Waals surface area contributed by atoms with Gasteiger partial charge in [-0.1, -0.05) is 60.1 Å². The maximum absolute atomic E-state index is 11.6. The zero-order valence-electron chi connectivity index (χ0n) is 15.4. The molecule has 28 heavy (non-hydrogen) atoms. The molecule has 1 aliphatic rings. The van der Waals surface area contributed by atoms with Crippen molar-refractivity contribution in [3.63, 3.8) is 0 Å². The van der Waals surface area contributed by atoms with Crippen LogP contribution in [-0.4, -0.2) is 14.7 Å². The molecule has 3 aromatic rings. The summed E-state index contributed by atoms with van der Waals surface area (Å²) < 4.78 is 25.7. The molecule has 5 heteroatoms. The molecule has 0 heterocycles. The van der Waals surface area contributed by atoms with Crippen LogP contribution in [0.1, 0.15) is 27.8 Å². The van der Waals surface area contributed by atoms with Gasteiger partial charge in [0.05, 0.1) is 6.26 Å². The first kappa shape index (κ1) is 18.8. The van der Waals surface area contributed by atoms with E-state index in [-0.39, 0.29) is 0 Å². The SMILES string of the molecule is CS(=O)(=O)Nc1cccc(/C=C2/c3ccccc3CCc3c(Cl)cccc32)c1. The topological polar surface area (TPSA) is 46.2 Å². The summed E-state index contributed by atoms with van der Waals surface area (Å²) in [5.74, 6) is 0. The van der Waals surface area contributed by atoms with Gasteiger partial charge in [-0.25, -0.2) is 8.42 Å². The lowest BCUT2D eigenvalue weighted by Crippen LogP contribution is -2.09. The number of halogens is 1. The van der Waals surface area contributed by atoms with Crippen molar-refractivity contribution in [2.24, 2.45) is 0 Å². The van der Waals surface area contributed by atoms with Crippen LogP contribution in [0.3, 0.4) is 0 Å². The first-order valence-corrected chi connectivity index (χ1v) is 11.3. The molecule has 0 unspecified atom stereocenters. The van der Waals surface area contributed by atoms with Crippen molar-refractivity contribution >= 4 is 39.0 Å². The number of hydrogen-bond acceptors (Lipinski definition) is 2. The van der Waals surface area contributed by atoms with Crippen molar-refractivity contribution in [1.82, 2.24) is 0 Å². The van der Waals surface area contributed by atoms with Crippen LogP contribution < -0.4 is 4.72 Å². The van der Waals surface area contributed by atoms with Crippen LogP contribution in [0.5, 0.6) is 0 Å². The molecular weight excluding hydrogens is 390 g/mol. The standard InChI is InChI=1S/C23H20ClNO2S/c1-28(26,27)25-18-8-4-6-16(14-18)15-22-19-9-3-2-7-17(19)12-13-21-20(22)10-5-11-23(21)24/h2-11,14-15,25H,12-13H2,1H3/b22-15-. The predicted molar refractivity (Wildman–Crippen MR) is 117 cm³/mol. The normalized spacial score (nSPS) is 14.9. The van der Waals surface area contributed by atoms with E-state index < -0.39 is 10.0 Å². The van der Waals surface area contributed by atoms with Crippen LogP contribution >= 0.6 is 11.6 Å². The second kappa shape index (κ2) is 7.46. The van der Waals surface area contributed by atoms with E-state index in [0.717, 1.165) is 46.4 Å². The summed E-state index contributed by atoms with van der Waals surface area (Å²) in [6.45, 7) is 0. The van der Waals surface area contributed by atoms with E-state index in [9.17, 15) is 8.42 Å². The van der Waals surface area contributed by atoms with Gasteiger partial charge in [0.15, 0.2) is 0 Å².